The fourth-order valence-electron chi connectivity index (χ4n) is 1.58. The molecule has 70 valence electrons. The van der Waals surface area contributed by atoms with Crippen molar-refractivity contribution in [1.82, 2.24) is 10.2 Å². The largest absolute Gasteiger partial charge is 0.313 e. The lowest BCUT2D eigenvalue weighted by molar-refractivity contribution is 0.318. The topological polar surface area (TPSA) is 15.3 Å². The number of nitrogens with zero attached hydrogens (tertiary/aromatic N) is 1. The summed E-state index contributed by atoms with van der Waals surface area (Å²) in [6.07, 6.45) is 5.76. The summed E-state index contributed by atoms with van der Waals surface area (Å²) < 4.78 is 0. The van der Waals surface area contributed by atoms with E-state index in [1.54, 1.807) is 0 Å². The summed E-state index contributed by atoms with van der Waals surface area (Å²) >= 11 is 0. The van der Waals surface area contributed by atoms with E-state index in [9.17, 15) is 0 Å². The second-order valence-electron chi connectivity index (χ2n) is 4.43. The quantitative estimate of drug-likeness (QED) is 0.638. The third-order valence-electron chi connectivity index (χ3n) is 2.77. The number of likely N-dealkylation sites (N-methyl/N-ethyl adjacent to an activating group) is 1. The molecule has 0 atom stereocenters. The van der Waals surface area contributed by atoms with Gasteiger partial charge in [0.05, 0.1) is 0 Å². The van der Waals surface area contributed by atoms with Crippen LogP contribution < -0.4 is 5.32 Å². The molecule has 0 bridgehead atoms. The Morgan fingerprint density at radius 2 is 2.00 bits per heavy atom. The highest BCUT2D eigenvalue weighted by Gasteiger charge is 2.23. The van der Waals surface area contributed by atoms with E-state index in [2.05, 4.69) is 17.3 Å². The Hall–Kier alpha value is -0.0800. The Morgan fingerprint density at radius 3 is 2.58 bits per heavy atom. The van der Waals surface area contributed by atoms with Crippen LogP contribution in [-0.2, 0) is 0 Å². The van der Waals surface area contributed by atoms with E-state index in [-0.39, 0.29) is 0 Å². The maximum absolute atomic E-state index is 3.54. The van der Waals surface area contributed by atoms with Gasteiger partial charge in [-0.3, -0.25) is 0 Å². The fourth-order valence-corrected chi connectivity index (χ4v) is 1.58. The van der Waals surface area contributed by atoms with E-state index in [1.807, 2.05) is 0 Å². The summed E-state index contributed by atoms with van der Waals surface area (Å²) in [6.45, 7) is 3.74. The SMILES string of the molecule is CN(CCNC1CC1)CC1CC1. The molecule has 0 aromatic carbocycles. The van der Waals surface area contributed by atoms with Gasteiger partial charge in [-0.2, -0.15) is 0 Å². The highest BCUT2D eigenvalue weighted by atomic mass is 15.1. The van der Waals surface area contributed by atoms with Crippen LogP contribution >= 0.6 is 0 Å². The first-order valence-corrected chi connectivity index (χ1v) is 5.26. The van der Waals surface area contributed by atoms with Gasteiger partial charge in [0, 0.05) is 25.7 Å². The third-order valence-corrected chi connectivity index (χ3v) is 2.77. The molecule has 2 saturated carbocycles. The van der Waals surface area contributed by atoms with Gasteiger partial charge in [0.1, 0.15) is 0 Å². The summed E-state index contributed by atoms with van der Waals surface area (Å²) in [5.74, 6) is 1.04. The standard InChI is InChI=1S/C10H20N2/c1-12(8-9-2-3-9)7-6-11-10-4-5-10/h9-11H,2-8H2,1H3. The molecule has 1 N–H and O–H groups in total. The molecule has 0 spiro atoms. The van der Waals surface area contributed by atoms with Crippen LogP contribution in [-0.4, -0.2) is 37.6 Å². The number of rotatable bonds is 6. The van der Waals surface area contributed by atoms with Gasteiger partial charge in [-0.15, -0.1) is 0 Å². The van der Waals surface area contributed by atoms with Gasteiger partial charge in [-0.25, -0.2) is 0 Å². The van der Waals surface area contributed by atoms with Crippen LogP contribution in [0.1, 0.15) is 25.7 Å². The van der Waals surface area contributed by atoms with Gasteiger partial charge in [0.25, 0.3) is 0 Å². The van der Waals surface area contributed by atoms with Crippen molar-refractivity contribution in [2.75, 3.05) is 26.7 Å². The average molecular weight is 168 g/mol. The first-order valence-electron chi connectivity index (χ1n) is 5.26. The van der Waals surface area contributed by atoms with Crippen molar-refractivity contribution in [3.63, 3.8) is 0 Å². The molecule has 2 aliphatic rings. The lowest BCUT2D eigenvalue weighted by Crippen LogP contribution is -2.31. The minimum Gasteiger partial charge on any atom is -0.313 e. The third kappa shape index (κ3) is 3.11. The first kappa shape index (κ1) is 8.52. The van der Waals surface area contributed by atoms with E-state index >= 15 is 0 Å². The van der Waals surface area contributed by atoms with Crippen molar-refractivity contribution in [2.24, 2.45) is 5.92 Å². The van der Waals surface area contributed by atoms with Crippen LogP contribution in [0.25, 0.3) is 0 Å². The van der Waals surface area contributed by atoms with E-state index in [0.29, 0.717) is 0 Å². The van der Waals surface area contributed by atoms with Gasteiger partial charge >= 0.3 is 0 Å². The maximum Gasteiger partial charge on any atom is 0.0104 e. The molecule has 0 unspecified atom stereocenters. The Labute approximate surface area is 75.3 Å². The molecule has 12 heavy (non-hydrogen) atoms. The summed E-state index contributed by atoms with van der Waals surface area (Å²) in [5.41, 5.74) is 0. The van der Waals surface area contributed by atoms with Crippen molar-refractivity contribution in [2.45, 2.75) is 31.7 Å². The molecule has 0 aromatic heterocycles. The van der Waals surface area contributed by atoms with Gasteiger partial charge in [0.15, 0.2) is 0 Å². The molecule has 0 aliphatic heterocycles. The van der Waals surface area contributed by atoms with Crippen LogP contribution in [0.3, 0.4) is 0 Å². The Morgan fingerprint density at radius 1 is 1.25 bits per heavy atom. The van der Waals surface area contributed by atoms with Crippen molar-refractivity contribution in [3.8, 4) is 0 Å². The molecule has 0 radical (unpaired) electrons. The summed E-state index contributed by atoms with van der Waals surface area (Å²) in [7, 11) is 2.24. The van der Waals surface area contributed by atoms with Crippen molar-refractivity contribution in [1.29, 1.82) is 0 Å². The molecule has 0 heterocycles. The summed E-state index contributed by atoms with van der Waals surface area (Å²) in [6, 6.07) is 0.874. The van der Waals surface area contributed by atoms with Crippen molar-refractivity contribution in [3.05, 3.63) is 0 Å². The van der Waals surface area contributed by atoms with E-state index in [0.717, 1.165) is 12.0 Å². The molecule has 0 aromatic rings. The second-order valence-corrected chi connectivity index (χ2v) is 4.43. The number of hydrogen-bond donors (Lipinski definition) is 1. The lowest BCUT2D eigenvalue weighted by Gasteiger charge is -2.15. The minimum atomic E-state index is 0.874. The zero-order valence-corrected chi connectivity index (χ0v) is 8.05. The van der Waals surface area contributed by atoms with Crippen LogP contribution in [0.15, 0.2) is 0 Å². The molecule has 2 aliphatic carbocycles. The normalized spacial score (nSPS) is 23.5. The zero-order chi connectivity index (χ0) is 8.39. The van der Waals surface area contributed by atoms with E-state index in [4.69, 9.17) is 0 Å². The second kappa shape index (κ2) is 3.75. The molecular weight excluding hydrogens is 148 g/mol. The Kier molecular flexibility index (Phi) is 2.66. The molecule has 2 nitrogen and oxygen atoms in total. The van der Waals surface area contributed by atoms with Gasteiger partial charge in [-0.1, -0.05) is 0 Å². The van der Waals surface area contributed by atoms with Crippen molar-refractivity contribution < 1.29 is 0 Å². The van der Waals surface area contributed by atoms with Crippen LogP contribution in [0, 0.1) is 5.92 Å². The average Bonchev–Trinajstić information content (AvgIpc) is 2.77. The van der Waals surface area contributed by atoms with E-state index < -0.39 is 0 Å². The highest BCUT2D eigenvalue weighted by molar-refractivity contribution is 4.81. The Balaban J connectivity index is 1.46. The smallest absolute Gasteiger partial charge is 0.0104 e. The van der Waals surface area contributed by atoms with Crippen LogP contribution in [0.4, 0.5) is 0 Å². The fraction of sp³-hybridized carbons (Fsp3) is 1.00. The molecule has 0 saturated heterocycles. The maximum atomic E-state index is 3.54. The predicted molar refractivity (Wildman–Crippen MR) is 51.2 cm³/mol. The minimum absolute atomic E-state index is 0.874. The predicted octanol–water partition coefficient (Wildman–Crippen LogP) is 1.08. The number of hydrogen-bond acceptors (Lipinski definition) is 2. The molecule has 2 fully saturated rings. The molecule has 2 heteroatoms. The Bertz CT molecular complexity index is 139. The zero-order valence-electron chi connectivity index (χ0n) is 8.05. The van der Waals surface area contributed by atoms with Crippen molar-refractivity contribution >= 4 is 0 Å². The van der Waals surface area contributed by atoms with Crippen LogP contribution in [0.2, 0.25) is 0 Å². The first-order chi connectivity index (χ1) is 5.84. The number of nitrogens with one attached hydrogen (secondary N) is 1. The molecular formula is C10H20N2. The highest BCUT2D eigenvalue weighted by Crippen LogP contribution is 2.29. The van der Waals surface area contributed by atoms with Gasteiger partial charge < -0.3 is 10.2 Å². The molecule has 2 rings (SSSR count). The molecule has 0 amide bonds. The van der Waals surface area contributed by atoms with Gasteiger partial charge in [0.2, 0.25) is 0 Å². The lowest BCUT2D eigenvalue weighted by atomic mass is 10.4. The van der Waals surface area contributed by atoms with Gasteiger partial charge in [-0.05, 0) is 38.6 Å². The van der Waals surface area contributed by atoms with E-state index in [1.165, 1.54) is 45.3 Å². The monoisotopic (exact) mass is 168 g/mol. The van der Waals surface area contributed by atoms with Crippen LogP contribution in [0.5, 0.6) is 0 Å². The summed E-state index contributed by atoms with van der Waals surface area (Å²) in [5, 5.41) is 3.54. The summed E-state index contributed by atoms with van der Waals surface area (Å²) in [4.78, 5) is 2.47.